The van der Waals surface area contributed by atoms with Crippen LogP contribution < -0.4 is 5.56 Å². The highest BCUT2D eigenvalue weighted by Gasteiger charge is 2.13. The lowest BCUT2D eigenvalue weighted by Gasteiger charge is -1.90. The molecule has 0 saturated carbocycles. The minimum absolute atomic E-state index is 0.0118. The van der Waals surface area contributed by atoms with Crippen LogP contribution in [-0.4, -0.2) is 10.8 Å². The van der Waals surface area contributed by atoms with Gasteiger partial charge in [-0.05, 0) is 6.07 Å². The Balaban J connectivity index is 2.76. The molecule has 0 spiro atoms. The van der Waals surface area contributed by atoms with E-state index in [0.29, 0.717) is 11.4 Å². The molecule has 0 saturated heterocycles. The van der Waals surface area contributed by atoms with Crippen molar-refractivity contribution in [2.45, 2.75) is 0 Å². The van der Waals surface area contributed by atoms with Crippen molar-refractivity contribution in [1.82, 2.24) is 4.98 Å². The number of hydrogen-bond acceptors (Lipinski definition) is 3. The van der Waals surface area contributed by atoms with Crippen LogP contribution in [0.25, 0.3) is 0 Å². The Morgan fingerprint density at radius 3 is 3.00 bits per heavy atom. The molecule has 2 heterocycles. The number of fused-ring (bicyclic) bond motifs is 1. The van der Waals surface area contributed by atoms with Crippen molar-refractivity contribution in [2.24, 2.45) is 10.2 Å². The zero-order chi connectivity index (χ0) is 7.84. The van der Waals surface area contributed by atoms with Gasteiger partial charge in [-0.25, -0.2) is 0 Å². The second kappa shape index (κ2) is 1.85. The SMILES string of the molecule is N=C1N=Nc2ccc(=O)[nH]c21. The lowest BCUT2D eigenvalue weighted by molar-refractivity contribution is 1.21. The number of nitrogens with one attached hydrogen (secondary N) is 2. The summed E-state index contributed by atoms with van der Waals surface area (Å²) in [4.78, 5) is 13.2. The summed E-state index contributed by atoms with van der Waals surface area (Å²) in [6, 6.07) is 2.90. The number of pyridine rings is 1. The summed E-state index contributed by atoms with van der Waals surface area (Å²) in [6.45, 7) is 0. The summed E-state index contributed by atoms with van der Waals surface area (Å²) in [5, 5.41) is 14.3. The Morgan fingerprint density at radius 1 is 1.36 bits per heavy atom. The fraction of sp³-hybridized carbons (Fsp3) is 0. The summed E-state index contributed by atoms with van der Waals surface area (Å²) in [6.07, 6.45) is 0. The Hall–Kier alpha value is -1.78. The van der Waals surface area contributed by atoms with Gasteiger partial charge in [-0.2, -0.15) is 0 Å². The zero-order valence-electron chi connectivity index (χ0n) is 5.46. The van der Waals surface area contributed by atoms with Gasteiger partial charge in [-0.15, -0.1) is 10.2 Å². The number of aromatic nitrogens is 1. The maximum atomic E-state index is 10.7. The highest BCUT2D eigenvalue weighted by molar-refractivity contribution is 6.01. The standard InChI is InChI=1S/C6H4N4O/c7-6-5-3(9-10-6)1-2-4(11)8-5/h1-2,7H,(H,8,11). The summed E-state index contributed by atoms with van der Waals surface area (Å²) < 4.78 is 0. The van der Waals surface area contributed by atoms with E-state index >= 15 is 0 Å². The Kier molecular flexibility index (Phi) is 1.00. The summed E-state index contributed by atoms with van der Waals surface area (Å²) in [5.41, 5.74) is 0.716. The Labute approximate surface area is 61.3 Å². The van der Waals surface area contributed by atoms with Crippen LogP contribution in [0.2, 0.25) is 0 Å². The molecule has 1 aliphatic rings. The second-order valence-corrected chi connectivity index (χ2v) is 2.13. The largest absolute Gasteiger partial charge is 0.317 e. The summed E-state index contributed by atoms with van der Waals surface area (Å²) >= 11 is 0. The van der Waals surface area contributed by atoms with Gasteiger partial charge in [0.05, 0.1) is 0 Å². The Morgan fingerprint density at radius 2 is 2.18 bits per heavy atom. The molecule has 1 aromatic heterocycles. The number of amidine groups is 1. The van der Waals surface area contributed by atoms with Gasteiger partial charge in [0.1, 0.15) is 11.4 Å². The molecule has 0 amide bonds. The minimum Gasteiger partial charge on any atom is -0.317 e. The predicted molar refractivity (Wildman–Crippen MR) is 38.4 cm³/mol. The van der Waals surface area contributed by atoms with Gasteiger partial charge >= 0.3 is 0 Å². The van der Waals surface area contributed by atoms with E-state index in [-0.39, 0.29) is 11.4 Å². The minimum atomic E-state index is -0.235. The molecule has 0 bridgehead atoms. The highest BCUT2D eigenvalue weighted by Crippen LogP contribution is 2.21. The summed E-state index contributed by atoms with van der Waals surface area (Å²) in [7, 11) is 0. The quantitative estimate of drug-likeness (QED) is 0.560. The predicted octanol–water partition coefficient (Wildman–Crippen LogP) is 0.798. The monoisotopic (exact) mass is 148 g/mol. The zero-order valence-corrected chi connectivity index (χ0v) is 5.46. The van der Waals surface area contributed by atoms with Gasteiger partial charge in [-0.1, -0.05) is 0 Å². The van der Waals surface area contributed by atoms with Crippen LogP contribution in [0.4, 0.5) is 5.69 Å². The molecule has 5 heteroatoms. The first-order valence-corrected chi connectivity index (χ1v) is 3.01. The molecule has 0 unspecified atom stereocenters. The van der Waals surface area contributed by atoms with Crippen molar-refractivity contribution < 1.29 is 0 Å². The Bertz CT molecular complexity index is 403. The van der Waals surface area contributed by atoms with Crippen LogP contribution in [0, 0.1) is 5.41 Å². The molecule has 54 valence electrons. The topological polar surface area (TPSA) is 81.4 Å². The second-order valence-electron chi connectivity index (χ2n) is 2.13. The number of rotatable bonds is 0. The van der Waals surface area contributed by atoms with Crippen molar-refractivity contribution in [1.29, 1.82) is 5.41 Å². The van der Waals surface area contributed by atoms with Crippen LogP contribution >= 0.6 is 0 Å². The number of H-pyrrole nitrogens is 1. The molecule has 0 fully saturated rings. The lowest BCUT2D eigenvalue weighted by Crippen LogP contribution is -2.07. The van der Waals surface area contributed by atoms with E-state index in [1.807, 2.05) is 0 Å². The number of azo groups is 1. The lowest BCUT2D eigenvalue weighted by atomic mass is 10.3. The smallest absolute Gasteiger partial charge is 0.248 e. The molecule has 0 aromatic carbocycles. The van der Waals surface area contributed by atoms with Gasteiger partial charge in [0.15, 0.2) is 5.84 Å². The van der Waals surface area contributed by atoms with E-state index in [2.05, 4.69) is 15.2 Å². The first-order valence-electron chi connectivity index (χ1n) is 3.01. The number of hydrogen-bond donors (Lipinski definition) is 2. The van der Waals surface area contributed by atoms with E-state index in [9.17, 15) is 4.79 Å². The maximum absolute atomic E-state index is 10.7. The van der Waals surface area contributed by atoms with Crippen molar-refractivity contribution in [2.75, 3.05) is 0 Å². The fourth-order valence-electron chi connectivity index (χ4n) is 0.885. The van der Waals surface area contributed by atoms with Crippen LogP contribution in [0.1, 0.15) is 5.69 Å². The van der Waals surface area contributed by atoms with Gasteiger partial charge in [0.2, 0.25) is 5.56 Å². The molecule has 1 aromatic rings. The van der Waals surface area contributed by atoms with Crippen LogP contribution in [-0.2, 0) is 0 Å². The third-order valence-corrected chi connectivity index (χ3v) is 1.39. The molecule has 0 atom stereocenters. The van der Waals surface area contributed by atoms with E-state index in [1.54, 1.807) is 6.07 Å². The molecule has 0 aliphatic carbocycles. The first-order chi connectivity index (χ1) is 5.27. The number of aromatic amines is 1. The van der Waals surface area contributed by atoms with Crippen molar-refractivity contribution >= 4 is 11.5 Å². The van der Waals surface area contributed by atoms with E-state index in [4.69, 9.17) is 5.41 Å². The van der Waals surface area contributed by atoms with Gasteiger partial charge < -0.3 is 4.98 Å². The van der Waals surface area contributed by atoms with Crippen LogP contribution in [0.3, 0.4) is 0 Å². The van der Waals surface area contributed by atoms with Gasteiger partial charge in [0, 0.05) is 6.07 Å². The molecule has 2 rings (SSSR count). The van der Waals surface area contributed by atoms with Crippen LogP contribution in [0.5, 0.6) is 0 Å². The third kappa shape index (κ3) is 0.778. The van der Waals surface area contributed by atoms with Crippen molar-refractivity contribution in [3.8, 4) is 0 Å². The molecular weight excluding hydrogens is 144 g/mol. The molecule has 1 aliphatic heterocycles. The maximum Gasteiger partial charge on any atom is 0.248 e. The van der Waals surface area contributed by atoms with Gasteiger partial charge in [0.25, 0.3) is 0 Å². The van der Waals surface area contributed by atoms with E-state index < -0.39 is 0 Å². The first kappa shape index (κ1) is 5.96. The highest BCUT2D eigenvalue weighted by atomic mass is 16.1. The molecule has 5 nitrogen and oxygen atoms in total. The van der Waals surface area contributed by atoms with E-state index in [0.717, 1.165) is 0 Å². The van der Waals surface area contributed by atoms with Crippen LogP contribution in [0.15, 0.2) is 27.2 Å². The van der Waals surface area contributed by atoms with Gasteiger partial charge in [-0.3, -0.25) is 10.2 Å². The average molecular weight is 148 g/mol. The van der Waals surface area contributed by atoms with E-state index in [1.165, 1.54) is 6.07 Å². The molecule has 11 heavy (non-hydrogen) atoms. The number of nitrogens with zero attached hydrogens (tertiary/aromatic N) is 2. The van der Waals surface area contributed by atoms with Crippen molar-refractivity contribution in [3.63, 3.8) is 0 Å². The van der Waals surface area contributed by atoms with Crippen molar-refractivity contribution in [3.05, 3.63) is 28.2 Å². The molecule has 2 N–H and O–H groups in total. The summed E-state index contributed by atoms with van der Waals surface area (Å²) in [5.74, 6) is 0.0118. The normalized spacial score (nSPS) is 13.6. The average Bonchev–Trinajstić information content (AvgIpc) is 2.33. The molecular formula is C6H4N4O. The fourth-order valence-corrected chi connectivity index (χ4v) is 0.885. The molecule has 0 radical (unpaired) electrons. The third-order valence-electron chi connectivity index (χ3n) is 1.39.